The lowest BCUT2D eigenvalue weighted by molar-refractivity contribution is -0.192. The number of amides is 1. The van der Waals surface area contributed by atoms with Crippen molar-refractivity contribution < 1.29 is 32.3 Å². The average Bonchev–Trinajstić information content (AvgIpc) is 3.42. The van der Waals surface area contributed by atoms with Gasteiger partial charge < -0.3 is 15.0 Å². The number of aryl methyl sites for hydroxylation is 1. The standard InChI is InChI=1S/C20H17FN6O.C2HF3O2/c1-13-14(2)26(12-22-13)17-9-5-16(6-10-17)24-20(28)19-11-23-27(25-19)18-7-3-15(21)4-8-18;3-2(4,5)1(6)7/h3-12H,1-2H3,(H,24,28);(H,6,7). The van der Waals surface area contributed by atoms with Gasteiger partial charge >= 0.3 is 12.1 Å². The van der Waals surface area contributed by atoms with Gasteiger partial charge in [-0.2, -0.15) is 23.1 Å². The zero-order valence-corrected chi connectivity index (χ0v) is 18.3. The van der Waals surface area contributed by atoms with Crippen molar-refractivity contribution in [2.24, 2.45) is 0 Å². The fraction of sp³-hybridized carbons (Fsp3) is 0.136. The van der Waals surface area contributed by atoms with Gasteiger partial charge in [0.15, 0.2) is 5.69 Å². The molecule has 4 rings (SSSR count). The van der Waals surface area contributed by atoms with Crippen LogP contribution in [0.15, 0.2) is 61.1 Å². The van der Waals surface area contributed by atoms with Crippen molar-refractivity contribution in [1.82, 2.24) is 24.5 Å². The summed E-state index contributed by atoms with van der Waals surface area (Å²) in [6, 6.07) is 13.1. The van der Waals surface area contributed by atoms with Gasteiger partial charge in [-0.05, 0) is 62.4 Å². The van der Waals surface area contributed by atoms with Gasteiger partial charge in [-0.15, -0.1) is 5.10 Å². The number of aliphatic carboxylic acids is 1. The monoisotopic (exact) mass is 490 g/mol. The Balaban J connectivity index is 0.000000429. The molecule has 0 spiro atoms. The van der Waals surface area contributed by atoms with Gasteiger partial charge in [0.05, 0.1) is 23.9 Å². The summed E-state index contributed by atoms with van der Waals surface area (Å²) < 4.78 is 46.7. The highest BCUT2D eigenvalue weighted by atomic mass is 19.4. The third-order valence-corrected chi connectivity index (χ3v) is 4.68. The molecule has 0 aliphatic heterocycles. The second-order valence-electron chi connectivity index (χ2n) is 7.08. The van der Waals surface area contributed by atoms with Crippen LogP contribution in [0.2, 0.25) is 0 Å². The smallest absolute Gasteiger partial charge is 0.475 e. The van der Waals surface area contributed by atoms with Gasteiger partial charge in [-0.1, -0.05) is 0 Å². The Labute approximate surface area is 195 Å². The molecule has 0 bridgehead atoms. The number of hydrogen-bond acceptors (Lipinski definition) is 5. The molecule has 9 nitrogen and oxygen atoms in total. The van der Waals surface area contributed by atoms with E-state index in [1.54, 1.807) is 6.33 Å². The van der Waals surface area contributed by atoms with E-state index in [0.29, 0.717) is 11.4 Å². The SMILES string of the molecule is Cc1ncn(-c2ccc(NC(=O)c3cnn(-c4ccc(F)cc4)n3)cc2)c1C.O=C(O)C(F)(F)F. The van der Waals surface area contributed by atoms with E-state index in [4.69, 9.17) is 9.90 Å². The second kappa shape index (κ2) is 10.2. The number of alkyl halides is 3. The summed E-state index contributed by atoms with van der Waals surface area (Å²) in [5, 5.41) is 18.1. The zero-order valence-electron chi connectivity index (χ0n) is 18.3. The van der Waals surface area contributed by atoms with Crippen molar-refractivity contribution in [1.29, 1.82) is 0 Å². The zero-order chi connectivity index (χ0) is 25.8. The highest BCUT2D eigenvalue weighted by Gasteiger charge is 2.38. The predicted molar refractivity (Wildman–Crippen MR) is 116 cm³/mol. The van der Waals surface area contributed by atoms with E-state index in [2.05, 4.69) is 20.5 Å². The van der Waals surface area contributed by atoms with E-state index in [9.17, 15) is 22.4 Å². The van der Waals surface area contributed by atoms with Crippen LogP contribution in [0.3, 0.4) is 0 Å². The van der Waals surface area contributed by atoms with Crippen molar-refractivity contribution in [3.63, 3.8) is 0 Å². The molecule has 182 valence electrons. The summed E-state index contributed by atoms with van der Waals surface area (Å²) in [5.41, 5.74) is 4.36. The molecule has 0 aliphatic carbocycles. The van der Waals surface area contributed by atoms with Gasteiger partial charge in [-0.3, -0.25) is 4.79 Å². The van der Waals surface area contributed by atoms with E-state index >= 15 is 0 Å². The Hall–Kier alpha value is -4.55. The topological polar surface area (TPSA) is 115 Å². The van der Waals surface area contributed by atoms with E-state index < -0.39 is 12.1 Å². The molecule has 0 unspecified atom stereocenters. The molecule has 0 fully saturated rings. The van der Waals surface area contributed by atoms with Crippen molar-refractivity contribution >= 4 is 17.6 Å². The normalized spacial score (nSPS) is 10.9. The molecule has 0 saturated heterocycles. The first-order valence-electron chi connectivity index (χ1n) is 9.86. The third kappa shape index (κ3) is 6.28. The second-order valence-corrected chi connectivity index (χ2v) is 7.08. The van der Waals surface area contributed by atoms with Gasteiger partial charge in [-0.25, -0.2) is 14.2 Å². The summed E-state index contributed by atoms with van der Waals surface area (Å²) >= 11 is 0. The summed E-state index contributed by atoms with van der Waals surface area (Å²) in [7, 11) is 0. The van der Waals surface area contributed by atoms with Crippen LogP contribution in [0.1, 0.15) is 21.9 Å². The van der Waals surface area contributed by atoms with Crippen LogP contribution in [0.5, 0.6) is 0 Å². The lowest BCUT2D eigenvalue weighted by atomic mass is 10.2. The molecule has 2 N–H and O–H groups in total. The van der Waals surface area contributed by atoms with Gasteiger partial charge in [0.2, 0.25) is 0 Å². The van der Waals surface area contributed by atoms with Gasteiger partial charge in [0.25, 0.3) is 5.91 Å². The lowest BCUT2D eigenvalue weighted by Gasteiger charge is -2.08. The predicted octanol–water partition coefficient (Wildman–Crippen LogP) is 4.09. The Kier molecular flexibility index (Phi) is 7.28. The molecule has 35 heavy (non-hydrogen) atoms. The van der Waals surface area contributed by atoms with Crippen LogP contribution in [0.4, 0.5) is 23.2 Å². The first-order valence-corrected chi connectivity index (χ1v) is 9.86. The number of carboxylic acids is 1. The van der Waals surface area contributed by atoms with E-state index in [1.165, 1.54) is 35.3 Å². The number of aromatic nitrogens is 5. The molecule has 13 heteroatoms. The van der Waals surface area contributed by atoms with Crippen LogP contribution in [0, 0.1) is 19.7 Å². The van der Waals surface area contributed by atoms with Crippen LogP contribution in [0.25, 0.3) is 11.4 Å². The number of carbonyl (C=O) groups is 2. The maximum Gasteiger partial charge on any atom is 0.490 e. The fourth-order valence-electron chi connectivity index (χ4n) is 2.73. The van der Waals surface area contributed by atoms with Crippen molar-refractivity contribution in [2.75, 3.05) is 5.32 Å². The fourth-order valence-corrected chi connectivity index (χ4v) is 2.73. The maximum atomic E-state index is 13.0. The lowest BCUT2D eigenvalue weighted by Crippen LogP contribution is -2.21. The number of rotatable bonds is 4. The highest BCUT2D eigenvalue weighted by Crippen LogP contribution is 2.17. The van der Waals surface area contributed by atoms with Crippen molar-refractivity contribution in [3.8, 4) is 11.4 Å². The van der Waals surface area contributed by atoms with Gasteiger partial charge in [0, 0.05) is 17.1 Å². The van der Waals surface area contributed by atoms with Gasteiger partial charge in [0.1, 0.15) is 5.82 Å². The molecule has 2 aromatic carbocycles. The number of carboxylic acid groups (broad SMARTS) is 1. The first-order chi connectivity index (χ1) is 16.5. The Morgan fingerprint density at radius 3 is 2.06 bits per heavy atom. The Morgan fingerprint density at radius 2 is 1.54 bits per heavy atom. The van der Waals surface area contributed by atoms with Crippen LogP contribution in [-0.2, 0) is 4.79 Å². The largest absolute Gasteiger partial charge is 0.490 e. The Bertz CT molecular complexity index is 1330. The molecule has 0 radical (unpaired) electrons. The minimum Gasteiger partial charge on any atom is -0.475 e. The number of anilines is 1. The van der Waals surface area contributed by atoms with Crippen LogP contribution >= 0.6 is 0 Å². The van der Waals surface area contributed by atoms with Crippen molar-refractivity contribution in [3.05, 3.63) is 84.0 Å². The number of carbonyl (C=O) groups excluding carboxylic acids is 1. The minimum atomic E-state index is -5.08. The number of hydrogen-bond donors (Lipinski definition) is 2. The molecule has 0 saturated carbocycles. The van der Waals surface area contributed by atoms with Crippen LogP contribution in [-0.4, -0.2) is 47.7 Å². The number of nitrogens with zero attached hydrogens (tertiary/aromatic N) is 5. The van der Waals surface area contributed by atoms with E-state index in [-0.39, 0.29) is 17.4 Å². The molecular weight excluding hydrogens is 472 g/mol. The molecule has 2 aromatic heterocycles. The summed E-state index contributed by atoms with van der Waals surface area (Å²) in [5.74, 6) is -3.48. The quantitative estimate of drug-likeness (QED) is 0.417. The van der Waals surface area contributed by atoms with Crippen LogP contribution < -0.4 is 5.32 Å². The van der Waals surface area contributed by atoms with E-state index in [0.717, 1.165) is 17.1 Å². The number of imidazole rings is 1. The summed E-state index contributed by atoms with van der Waals surface area (Å²) in [4.78, 5) is 26.9. The summed E-state index contributed by atoms with van der Waals surface area (Å²) in [6.07, 6.45) is -1.95. The molecule has 0 atom stereocenters. The minimum absolute atomic E-state index is 0.162. The molecule has 1 amide bonds. The molecular formula is C22H18F4N6O3. The number of benzene rings is 2. The number of nitrogens with one attached hydrogen (secondary N) is 1. The molecule has 2 heterocycles. The van der Waals surface area contributed by atoms with Crippen molar-refractivity contribution in [2.45, 2.75) is 20.0 Å². The number of halogens is 4. The third-order valence-electron chi connectivity index (χ3n) is 4.68. The first kappa shape index (κ1) is 25.1. The highest BCUT2D eigenvalue weighted by molar-refractivity contribution is 6.02. The average molecular weight is 490 g/mol. The summed E-state index contributed by atoms with van der Waals surface area (Å²) in [6.45, 7) is 3.96. The molecule has 0 aliphatic rings. The molecule has 4 aromatic rings. The van der Waals surface area contributed by atoms with E-state index in [1.807, 2.05) is 42.7 Å². The maximum absolute atomic E-state index is 13.0. The Morgan fingerprint density at radius 1 is 0.971 bits per heavy atom.